The average molecular weight is 262 g/mol. The molecule has 3 nitrogen and oxygen atoms in total. The molecule has 0 bridgehead atoms. The van der Waals surface area contributed by atoms with Gasteiger partial charge in [-0.15, -0.1) is 0 Å². The van der Waals surface area contributed by atoms with E-state index >= 15 is 0 Å². The van der Waals surface area contributed by atoms with Crippen LogP contribution in [0.4, 0.5) is 13.2 Å². The van der Waals surface area contributed by atoms with Crippen LogP contribution in [0.15, 0.2) is 6.07 Å². The van der Waals surface area contributed by atoms with Crippen molar-refractivity contribution in [3.8, 4) is 0 Å². The van der Waals surface area contributed by atoms with Gasteiger partial charge in [0.2, 0.25) is 0 Å². The smallest absolute Gasteiger partial charge is 0.296 e. The molecule has 1 aromatic rings. The molecule has 0 aliphatic carbocycles. The van der Waals surface area contributed by atoms with Crippen LogP contribution in [0.5, 0.6) is 0 Å². The maximum atomic E-state index is 12.4. The van der Waals surface area contributed by atoms with Crippen LogP contribution in [0.25, 0.3) is 0 Å². The van der Waals surface area contributed by atoms with Gasteiger partial charge in [0.1, 0.15) is 5.69 Å². The summed E-state index contributed by atoms with van der Waals surface area (Å²) in [6.45, 7) is 2.45. The van der Waals surface area contributed by atoms with Crippen molar-refractivity contribution in [1.29, 1.82) is 0 Å². The van der Waals surface area contributed by atoms with E-state index < -0.39 is 11.9 Å². The van der Waals surface area contributed by atoms with Crippen LogP contribution in [0.3, 0.4) is 0 Å². The van der Waals surface area contributed by atoms with E-state index in [2.05, 4.69) is 12.0 Å². The van der Waals surface area contributed by atoms with Gasteiger partial charge in [0.25, 0.3) is 0 Å². The van der Waals surface area contributed by atoms with E-state index in [4.69, 9.17) is 0 Å². The average Bonchev–Trinajstić information content (AvgIpc) is 2.72. The summed E-state index contributed by atoms with van der Waals surface area (Å²) < 4.78 is 38.4. The van der Waals surface area contributed by atoms with Crippen molar-refractivity contribution in [1.82, 2.24) is 9.78 Å². The van der Waals surface area contributed by atoms with Crippen LogP contribution < -0.4 is 0 Å². The highest BCUT2D eigenvalue weighted by atomic mass is 19.4. The van der Waals surface area contributed by atoms with E-state index in [0.29, 0.717) is 12.8 Å². The highest BCUT2D eigenvalue weighted by Crippen LogP contribution is 2.28. The van der Waals surface area contributed by atoms with Crippen molar-refractivity contribution in [2.75, 3.05) is 0 Å². The first-order valence-corrected chi connectivity index (χ1v) is 6.09. The fourth-order valence-corrected chi connectivity index (χ4v) is 1.71. The molecule has 0 amide bonds. The summed E-state index contributed by atoms with van der Waals surface area (Å²) >= 11 is 0. The second kappa shape index (κ2) is 6.56. The van der Waals surface area contributed by atoms with Crippen molar-refractivity contribution >= 4 is 6.29 Å². The Kier molecular flexibility index (Phi) is 5.37. The minimum absolute atomic E-state index is 0.0159. The van der Waals surface area contributed by atoms with Gasteiger partial charge in [0.15, 0.2) is 12.0 Å². The minimum atomic E-state index is -4.49. The van der Waals surface area contributed by atoms with Gasteiger partial charge in [-0.1, -0.05) is 32.6 Å². The van der Waals surface area contributed by atoms with Crippen molar-refractivity contribution in [3.05, 3.63) is 17.5 Å². The van der Waals surface area contributed by atoms with E-state index in [1.807, 2.05) is 0 Å². The molecule has 6 heteroatoms. The Labute approximate surface area is 104 Å². The number of aldehydes is 1. The summed E-state index contributed by atoms with van der Waals surface area (Å²) in [4.78, 5) is 10.7. The van der Waals surface area contributed by atoms with Gasteiger partial charge < -0.3 is 0 Å². The van der Waals surface area contributed by atoms with E-state index in [1.165, 1.54) is 0 Å². The number of aryl methyl sites for hydroxylation is 1. The summed E-state index contributed by atoms with van der Waals surface area (Å²) in [6, 6.07) is 0.791. The molecule has 18 heavy (non-hydrogen) atoms. The van der Waals surface area contributed by atoms with Gasteiger partial charge in [-0.25, -0.2) is 0 Å². The summed E-state index contributed by atoms with van der Waals surface area (Å²) in [5.41, 5.74) is -1.02. The lowest BCUT2D eigenvalue weighted by molar-refractivity contribution is -0.141. The maximum Gasteiger partial charge on any atom is 0.435 e. The van der Waals surface area contributed by atoms with Crippen molar-refractivity contribution in [3.63, 3.8) is 0 Å². The summed E-state index contributed by atoms with van der Waals surface area (Å²) in [5.74, 6) is 0. The van der Waals surface area contributed by atoms with Crippen LogP contribution in [-0.4, -0.2) is 16.1 Å². The predicted molar refractivity (Wildman–Crippen MR) is 61.4 cm³/mol. The molecule has 0 aliphatic rings. The second-order valence-electron chi connectivity index (χ2n) is 4.21. The van der Waals surface area contributed by atoms with Crippen LogP contribution >= 0.6 is 0 Å². The molecule has 1 heterocycles. The van der Waals surface area contributed by atoms with E-state index in [-0.39, 0.29) is 5.69 Å². The molecule has 1 rings (SSSR count). The molecule has 0 N–H and O–H groups in total. The number of rotatable bonds is 7. The summed E-state index contributed by atoms with van der Waals surface area (Å²) in [5, 5.41) is 3.43. The quantitative estimate of drug-likeness (QED) is 0.555. The topological polar surface area (TPSA) is 34.9 Å². The predicted octanol–water partition coefficient (Wildman–Crippen LogP) is 3.68. The zero-order chi connectivity index (χ0) is 13.6. The monoisotopic (exact) mass is 262 g/mol. The number of hydrogen-bond donors (Lipinski definition) is 0. The first-order chi connectivity index (χ1) is 8.49. The van der Waals surface area contributed by atoms with E-state index in [0.717, 1.165) is 42.9 Å². The Morgan fingerprint density at radius 2 is 1.94 bits per heavy atom. The highest BCUT2D eigenvalue weighted by Gasteiger charge is 2.34. The zero-order valence-electron chi connectivity index (χ0n) is 10.3. The standard InChI is InChI=1S/C12H17F3N2O/c1-2-3-4-5-6-7-17-10(9-18)8-11(16-17)12(13,14)15/h8-9H,2-7H2,1H3. The first kappa shape index (κ1) is 14.7. The Morgan fingerprint density at radius 1 is 1.28 bits per heavy atom. The third-order valence-electron chi connectivity index (χ3n) is 2.70. The maximum absolute atomic E-state index is 12.4. The molecule has 102 valence electrons. The normalized spacial score (nSPS) is 11.8. The van der Waals surface area contributed by atoms with E-state index in [1.54, 1.807) is 0 Å². The van der Waals surface area contributed by atoms with Gasteiger partial charge in [0.05, 0.1) is 0 Å². The van der Waals surface area contributed by atoms with Crippen molar-refractivity contribution < 1.29 is 18.0 Å². The van der Waals surface area contributed by atoms with Crippen molar-refractivity contribution in [2.45, 2.75) is 51.7 Å². The van der Waals surface area contributed by atoms with Crippen LogP contribution in [0, 0.1) is 0 Å². The molecular weight excluding hydrogens is 245 g/mol. The van der Waals surface area contributed by atoms with Gasteiger partial charge in [0, 0.05) is 6.54 Å². The summed E-state index contributed by atoms with van der Waals surface area (Å²) in [7, 11) is 0. The van der Waals surface area contributed by atoms with Gasteiger partial charge >= 0.3 is 6.18 Å². The lowest BCUT2D eigenvalue weighted by Crippen LogP contribution is -2.09. The fourth-order valence-electron chi connectivity index (χ4n) is 1.71. The Hall–Kier alpha value is -1.33. The number of carbonyl (C=O) groups is 1. The van der Waals surface area contributed by atoms with Gasteiger partial charge in [-0.2, -0.15) is 18.3 Å². The van der Waals surface area contributed by atoms with E-state index in [9.17, 15) is 18.0 Å². The third-order valence-corrected chi connectivity index (χ3v) is 2.70. The van der Waals surface area contributed by atoms with Crippen molar-refractivity contribution in [2.24, 2.45) is 0 Å². The zero-order valence-corrected chi connectivity index (χ0v) is 10.3. The lowest BCUT2D eigenvalue weighted by atomic mass is 10.1. The molecule has 0 aliphatic heterocycles. The molecule has 0 radical (unpaired) electrons. The molecule has 0 saturated carbocycles. The number of carbonyl (C=O) groups excluding carboxylic acids is 1. The SMILES string of the molecule is CCCCCCCn1nc(C(F)(F)F)cc1C=O. The second-order valence-corrected chi connectivity index (χ2v) is 4.21. The number of alkyl halides is 3. The number of unbranched alkanes of at least 4 members (excludes halogenated alkanes) is 4. The van der Waals surface area contributed by atoms with Crippen LogP contribution in [0.2, 0.25) is 0 Å². The Morgan fingerprint density at radius 3 is 2.50 bits per heavy atom. The van der Waals surface area contributed by atoms with Gasteiger partial charge in [-0.05, 0) is 12.5 Å². The van der Waals surface area contributed by atoms with Crippen LogP contribution in [0.1, 0.15) is 55.2 Å². The molecule has 0 fully saturated rings. The van der Waals surface area contributed by atoms with Gasteiger partial charge in [-0.3, -0.25) is 9.48 Å². The number of aromatic nitrogens is 2. The first-order valence-electron chi connectivity index (χ1n) is 6.09. The third kappa shape index (κ3) is 4.16. The molecule has 0 aromatic carbocycles. The Bertz CT molecular complexity index is 385. The molecule has 0 saturated heterocycles. The Balaban J connectivity index is 2.59. The highest BCUT2D eigenvalue weighted by molar-refractivity contribution is 5.72. The molecular formula is C12H17F3N2O. The molecule has 1 aromatic heterocycles. The number of hydrogen-bond acceptors (Lipinski definition) is 2. The molecule has 0 spiro atoms. The summed E-state index contributed by atoms with van der Waals surface area (Å²) in [6.07, 6.45) is 0.875. The fraction of sp³-hybridized carbons (Fsp3) is 0.667. The lowest BCUT2D eigenvalue weighted by Gasteiger charge is -2.04. The molecule has 0 atom stereocenters. The number of nitrogens with zero attached hydrogens (tertiary/aromatic N) is 2. The van der Waals surface area contributed by atoms with Crippen LogP contribution in [-0.2, 0) is 12.7 Å². The largest absolute Gasteiger partial charge is 0.435 e. The number of halogens is 3. The minimum Gasteiger partial charge on any atom is -0.296 e. The molecule has 0 unspecified atom stereocenters.